The Morgan fingerprint density at radius 3 is 2.03 bits per heavy atom. The van der Waals surface area contributed by atoms with Gasteiger partial charge in [0.05, 0.1) is 6.10 Å². The molecule has 0 amide bonds. The third-order valence-corrected chi connectivity index (χ3v) is 13.9. The molecule has 2 nitrogen and oxygen atoms in total. The number of hydrogen-bond acceptors (Lipinski definition) is 2. The normalized spacial score (nSPS) is 21.7. The van der Waals surface area contributed by atoms with Crippen LogP contribution in [0.15, 0.2) is 97.6 Å². The van der Waals surface area contributed by atoms with Crippen LogP contribution in [0, 0.1) is 30.1 Å². The van der Waals surface area contributed by atoms with Crippen LogP contribution in [0.25, 0.3) is 0 Å². The first kappa shape index (κ1) is 31.3. The number of rotatable bonds is 13. The Labute approximate surface area is 240 Å². The van der Waals surface area contributed by atoms with E-state index in [1.54, 1.807) is 6.08 Å². The molecular formula is C36H51O2Si. The summed E-state index contributed by atoms with van der Waals surface area (Å²) >= 11 is 0. The third kappa shape index (κ3) is 7.31. The van der Waals surface area contributed by atoms with Gasteiger partial charge in [0.25, 0.3) is 8.32 Å². The van der Waals surface area contributed by atoms with Crippen LogP contribution in [0.5, 0.6) is 0 Å². The highest BCUT2D eigenvalue weighted by Crippen LogP contribution is 2.45. The molecule has 39 heavy (non-hydrogen) atoms. The lowest BCUT2D eigenvalue weighted by Crippen LogP contribution is -2.67. The van der Waals surface area contributed by atoms with Gasteiger partial charge in [0.15, 0.2) is 0 Å². The van der Waals surface area contributed by atoms with Crippen molar-refractivity contribution in [3.8, 4) is 0 Å². The van der Waals surface area contributed by atoms with Crippen LogP contribution in [-0.4, -0.2) is 25.6 Å². The number of aliphatic hydroxyl groups excluding tert-OH is 1. The summed E-state index contributed by atoms with van der Waals surface area (Å²) in [6, 6.07) is 21.9. The van der Waals surface area contributed by atoms with Gasteiger partial charge in [-0.3, -0.25) is 0 Å². The first-order chi connectivity index (χ1) is 18.5. The SMILES string of the molecule is C=CC[C@H](C[C@H]1C(C)=CC[C@H](C(C)C)[C@H]1C[CH][C@H](O)C=C)O[Si](c1ccccc1)(c1ccccc1)C(C)(C)C. The van der Waals surface area contributed by atoms with Crippen LogP contribution in [-0.2, 0) is 4.43 Å². The lowest BCUT2D eigenvalue weighted by Gasteiger charge is -2.47. The highest BCUT2D eigenvalue weighted by atomic mass is 28.4. The first-order valence-corrected chi connectivity index (χ1v) is 16.7. The van der Waals surface area contributed by atoms with Gasteiger partial charge in [0, 0.05) is 6.10 Å². The number of hydrogen-bond donors (Lipinski definition) is 1. The molecule has 0 bridgehead atoms. The number of aliphatic hydroxyl groups is 1. The van der Waals surface area contributed by atoms with E-state index in [-0.39, 0.29) is 11.1 Å². The van der Waals surface area contributed by atoms with Gasteiger partial charge in [0.1, 0.15) is 0 Å². The molecule has 3 rings (SSSR count). The molecule has 2 aromatic rings. The van der Waals surface area contributed by atoms with Crippen molar-refractivity contribution in [3.05, 3.63) is 104 Å². The second kappa shape index (κ2) is 13.9. The van der Waals surface area contributed by atoms with Crippen LogP contribution >= 0.6 is 0 Å². The Hall–Kier alpha value is -2.20. The summed E-state index contributed by atoms with van der Waals surface area (Å²) in [6.07, 6.45) is 11.4. The Morgan fingerprint density at radius 2 is 1.56 bits per heavy atom. The van der Waals surface area contributed by atoms with Gasteiger partial charge < -0.3 is 9.53 Å². The van der Waals surface area contributed by atoms with Crippen molar-refractivity contribution in [1.29, 1.82) is 0 Å². The number of allylic oxidation sites excluding steroid dienone is 2. The summed E-state index contributed by atoms with van der Waals surface area (Å²) in [4.78, 5) is 0. The predicted molar refractivity (Wildman–Crippen MR) is 171 cm³/mol. The first-order valence-electron chi connectivity index (χ1n) is 14.8. The maximum absolute atomic E-state index is 10.3. The van der Waals surface area contributed by atoms with Gasteiger partial charge in [-0.15, -0.1) is 13.2 Å². The molecule has 1 aliphatic rings. The van der Waals surface area contributed by atoms with Gasteiger partial charge in [-0.05, 0) is 78.1 Å². The Morgan fingerprint density at radius 1 is 1.00 bits per heavy atom. The molecule has 5 atom stereocenters. The molecule has 0 unspecified atom stereocenters. The van der Waals surface area contributed by atoms with Gasteiger partial charge >= 0.3 is 0 Å². The molecule has 211 valence electrons. The van der Waals surface area contributed by atoms with Crippen molar-refractivity contribution >= 4 is 18.7 Å². The zero-order valence-corrected chi connectivity index (χ0v) is 26.1. The zero-order valence-electron chi connectivity index (χ0n) is 25.1. The van der Waals surface area contributed by atoms with Crippen LogP contribution in [0.1, 0.15) is 67.2 Å². The molecule has 1 radical (unpaired) electrons. The minimum Gasteiger partial charge on any atom is -0.404 e. The van der Waals surface area contributed by atoms with Crippen molar-refractivity contribution < 1.29 is 9.53 Å². The maximum atomic E-state index is 10.3. The summed E-state index contributed by atoms with van der Waals surface area (Å²) in [7, 11) is -2.69. The second-order valence-corrected chi connectivity index (χ2v) is 17.0. The summed E-state index contributed by atoms with van der Waals surface area (Å²) in [5.41, 5.74) is 1.46. The van der Waals surface area contributed by atoms with Gasteiger partial charge in [-0.2, -0.15) is 0 Å². The molecule has 3 heteroatoms. The van der Waals surface area contributed by atoms with E-state index < -0.39 is 14.4 Å². The van der Waals surface area contributed by atoms with E-state index >= 15 is 0 Å². The van der Waals surface area contributed by atoms with E-state index in [2.05, 4.69) is 121 Å². The molecule has 0 aromatic heterocycles. The molecule has 0 saturated carbocycles. The summed E-state index contributed by atoms with van der Waals surface area (Å²) in [6.45, 7) is 22.0. The van der Waals surface area contributed by atoms with Gasteiger partial charge in [-0.1, -0.05) is 119 Å². The predicted octanol–water partition coefficient (Wildman–Crippen LogP) is 7.89. The second-order valence-electron chi connectivity index (χ2n) is 12.7. The Kier molecular flexibility index (Phi) is 11.2. The minimum absolute atomic E-state index is 0.0416. The lowest BCUT2D eigenvalue weighted by molar-refractivity contribution is 0.107. The highest BCUT2D eigenvalue weighted by molar-refractivity contribution is 6.99. The smallest absolute Gasteiger partial charge is 0.261 e. The fourth-order valence-corrected chi connectivity index (χ4v) is 11.5. The average molecular weight is 544 g/mol. The Balaban J connectivity index is 2.07. The molecule has 1 aliphatic carbocycles. The van der Waals surface area contributed by atoms with Crippen molar-refractivity contribution in [2.24, 2.45) is 23.7 Å². The fourth-order valence-electron chi connectivity index (χ4n) is 6.75. The zero-order chi connectivity index (χ0) is 28.6. The molecule has 1 N–H and O–H groups in total. The van der Waals surface area contributed by atoms with E-state index in [4.69, 9.17) is 4.43 Å². The van der Waals surface area contributed by atoms with E-state index in [1.165, 1.54) is 15.9 Å². The molecule has 0 fully saturated rings. The van der Waals surface area contributed by atoms with E-state index in [0.29, 0.717) is 23.7 Å². The van der Waals surface area contributed by atoms with Gasteiger partial charge in [0.2, 0.25) is 0 Å². The summed E-state index contributed by atoms with van der Waals surface area (Å²) in [5, 5.41) is 12.9. The molecule has 0 saturated heterocycles. The largest absolute Gasteiger partial charge is 0.404 e. The van der Waals surface area contributed by atoms with E-state index in [1.807, 2.05) is 12.5 Å². The van der Waals surface area contributed by atoms with Crippen LogP contribution in [0.3, 0.4) is 0 Å². The molecule has 0 aliphatic heterocycles. The van der Waals surface area contributed by atoms with Crippen LogP contribution in [0.2, 0.25) is 5.04 Å². The average Bonchev–Trinajstić information content (AvgIpc) is 2.91. The van der Waals surface area contributed by atoms with Crippen molar-refractivity contribution in [3.63, 3.8) is 0 Å². The molecule has 2 aromatic carbocycles. The third-order valence-electron chi connectivity index (χ3n) is 8.82. The van der Waals surface area contributed by atoms with Gasteiger partial charge in [-0.25, -0.2) is 0 Å². The van der Waals surface area contributed by atoms with Crippen molar-refractivity contribution in [2.45, 2.75) is 84.5 Å². The van der Waals surface area contributed by atoms with Crippen LogP contribution in [0.4, 0.5) is 0 Å². The van der Waals surface area contributed by atoms with Crippen molar-refractivity contribution in [1.82, 2.24) is 0 Å². The van der Waals surface area contributed by atoms with E-state index in [9.17, 15) is 5.11 Å². The number of benzene rings is 2. The molecule has 0 spiro atoms. The monoisotopic (exact) mass is 543 g/mol. The quantitative estimate of drug-likeness (QED) is 0.206. The standard InChI is InChI=1S/C36H51O2Si/c1-9-17-30(26-35-28(5)22-24-33(27(3)4)34(35)25-23-29(37)10-2)38-39(36(6,7)8,31-18-13-11-14-19-31)32-20-15-12-16-21-32/h9-16,18-23,27,29-30,33-35,37H,1-2,17,24-26H2,3-8H3/t29-,30-,33-,34-,35+/m1/s1. The maximum Gasteiger partial charge on any atom is 0.261 e. The van der Waals surface area contributed by atoms with E-state index in [0.717, 1.165) is 25.7 Å². The highest BCUT2D eigenvalue weighted by Gasteiger charge is 2.51. The van der Waals surface area contributed by atoms with Crippen LogP contribution < -0.4 is 10.4 Å². The Bertz CT molecular complexity index is 1030. The minimum atomic E-state index is -2.69. The molecular weight excluding hydrogens is 492 g/mol. The summed E-state index contributed by atoms with van der Waals surface area (Å²) < 4.78 is 7.62. The topological polar surface area (TPSA) is 29.5 Å². The molecule has 0 heterocycles. The van der Waals surface area contributed by atoms with Crippen molar-refractivity contribution in [2.75, 3.05) is 0 Å². The lowest BCUT2D eigenvalue weighted by atomic mass is 9.65. The summed E-state index contributed by atoms with van der Waals surface area (Å²) in [5.74, 6) is 2.00. The fraction of sp³-hybridized carbons (Fsp3) is 0.472.